The summed E-state index contributed by atoms with van der Waals surface area (Å²) in [5.41, 5.74) is 0.217. The smallest absolute Gasteiger partial charge is 0.387 e. The number of amides is 2. The number of rotatable bonds is 9. The molecule has 13 heteroatoms. The molecule has 2 aromatic rings. The first kappa shape index (κ1) is 24.7. The van der Waals surface area contributed by atoms with Crippen molar-refractivity contribution in [2.24, 2.45) is 5.14 Å². The van der Waals surface area contributed by atoms with Crippen LogP contribution in [-0.4, -0.2) is 45.5 Å². The first-order valence-electron chi connectivity index (χ1n) is 8.92. The number of alkyl halides is 2. The summed E-state index contributed by atoms with van der Waals surface area (Å²) < 4.78 is 56.1. The van der Waals surface area contributed by atoms with E-state index in [0.717, 1.165) is 6.07 Å². The number of nitrogens with one attached hydrogen (secondary N) is 2. The Morgan fingerprint density at radius 2 is 1.75 bits per heavy atom. The molecule has 0 radical (unpaired) electrons. The maximum atomic E-state index is 12.3. The third-order valence-corrected chi connectivity index (χ3v) is 4.77. The summed E-state index contributed by atoms with van der Waals surface area (Å²) >= 11 is 0. The minimum Gasteiger partial charge on any atom is -0.451 e. The Bertz CT molecular complexity index is 1090. The van der Waals surface area contributed by atoms with Crippen LogP contribution in [0.1, 0.15) is 17.3 Å². The van der Waals surface area contributed by atoms with Gasteiger partial charge in [-0.15, -0.1) is 0 Å². The number of benzene rings is 2. The summed E-state index contributed by atoms with van der Waals surface area (Å²) in [7, 11) is -3.88. The lowest BCUT2D eigenvalue weighted by Gasteiger charge is -2.14. The molecule has 1 atom stereocenters. The average molecular weight is 471 g/mol. The van der Waals surface area contributed by atoms with Gasteiger partial charge >= 0.3 is 12.6 Å². The highest BCUT2D eigenvalue weighted by molar-refractivity contribution is 7.89. The molecule has 2 rings (SSSR count). The molecule has 0 aromatic heterocycles. The predicted molar refractivity (Wildman–Crippen MR) is 107 cm³/mol. The van der Waals surface area contributed by atoms with Gasteiger partial charge in [-0.2, -0.15) is 8.78 Å². The lowest BCUT2D eigenvalue weighted by atomic mass is 10.2. The van der Waals surface area contributed by atoms with Crippen LogP contribution in [0.4, 0.5) is 14.5 Å². The molecule has 0 saturated carbocycles. The van der Waals surface area contributed by atoms with E-state index in [0.29, 0.717) is 0 Å². The molecule has 0 bridgehead atoms. The van der Waals surface area contributed by atoms with Gasteiger partial charge in [0.1, 0.15) is 12.3 Å². The maximum absolute atomic E-state index is 12.3. The zero-order valence-electron chi connectivity index (χ0n) is 16.6. The monoisotopic (exact) mass is 471 g/mol. The van der Waals surface area contributed by atoms with Crippen molar-refractivity contribution in [3.8, 4) is 5.75 Å². The molecule has 0 fully saturated rings. The Kier molecular flexibility index (Phi) is 8.21. The molecule has 10 nitrogen and oxygen atoms in total. The number of carbonyl (C=O) groups is 3. The number of primary sulfonamides is 1. The Hall–Kier alpha value is -3.58. The fraction of sp³-hybridized carbons (Fsp3) is 0.211. The van der Waals surface area contributed by atoms with Crippen molar-refractivity contribution in [3.63, 3.8) is 0 Å². The van der Waals surface area contributed by atoms with Crippen LogP contribution in [0.5, 0.6) is 5.75 Å². The van der Waals surface area contributed by atoms with Gasteiger partial charge in [0.15, 0.2) is 6.10 Å². The van der Waals surface area contributed by atoms with E-state index in [1.165, 1.54) is 49.4 Å². The second kappa shape index (κ2) is 10.6. The number of hydrogen-bond donors (Lipinski definition) is 3. The summed E-state index contributed by atoms with van der Waals surface area (Å²) in [6.07, 6.45) is -1.24. The molecule has 0 saturated heterocycles. The topological polar surface area (TPSA) is 154 Å². The molecule has 2 aromatic carbocycles. The van der Waals surface area contributed by atoms with Crippen LogP contribution in [-0.2, 0) is 24.3 Å². The van der Waals surface area contributed by atoms with Crippen molar-refractivity contribution in [2.45, 2.75) is 24.5 Å². The van der Waals surface area contributed by atoms with Crippen molar-refractivity contribution < 1.29 is 41.1 Å². The van der Waals surface area contributed by atoms with Gasteiger partial charge in [-0.25, -0.2) is 13.6 Å². The largest absolute Gasteiger partial charge is 0.451 e. The molecule has 1 unspecified atom stereocenters. The van der Waals surface area contributed by atoms with Gasteiger partial charge in [0.25, 0.3) is 11.8 Å². The lowest BCUT2D eigenvalue weighted by Crippen LogP contribution is -2.35. The lowest BCUT2D eigenvalue weighted by molar-refractivity contribution is -0.152. The SMILES string of the molecule is CC(OC(=O)CNC(=O)c1cccc(OC(F)F)c1)C(=O)Nc1ccc(S(N)(=O)=O)cc1. The third-order valence-electron chi connectivity index (χ3n) is 3.84. The van der Waals surface area contributed by atoms with E-state index in [1.807, 2.05) is 0 Å². The van der Waals surface area contributed by atoms with Crippen LogP contribution >= 0.6 is 0 Å². The number of esters is 1. The summed E-state index contributed by atoms with van der Waals surface area (Å²) in [6.45, 7) is -2.35. The molecule has 0 spiro atoms. The Morgan fingerprint density at radius 3 is 2.34 bits per heavy atom. The summed E-state index contributed by atoms with van der Waals surface area (Å²) in [5.74, 6) is -2.60. The van der Waals surface area contributed by atoms with Crippen LogP contribution in [0, 0.1) is 0 Å². The van der Waals surface area contributed by atoms with Crippen molar-refractivity contribution in [3.05, 3.63) is 54.1 Å². The zero-order valence-corrected chi connectivity index (χ0v) is 17.4. The first-order valence-corrected chi connectivity index (χ1v) is 10.5. The van der Waals surface area contributed by atoms with E-state index in [1.54, 1.807) is 0 Å². The number of sulfonamides is 1. The first-order chi connectivity index (χ1) is 15.0. The molecular formula is C19H19F2N3O7S. The van der Waals surface area contributed by atoms with Crippen LogP contribution in [0.3, 0.4) is 0 Å². The van der Waals surface area contributed by atoms with Gasteiger partial charge in [-0.3, -0.25) is 14.4 Å². The highest BCUT2D eigenvalue weighted by Gasteiger charge is 2.19. The molecule has 4 N–H and O–H groups in total. The summed E-state index contributed by atoms with van der Waals surface area (Å²) in [6, 6.07) is 9.96. The van der Waals surface area contributed by atoms with E-state index in [2.05, 4.69) is 15.4 Å². The fourth-order valence-corrected chi connectivity index (χ4v) is 2.85. The molecule has 172 valence electrons. The minimum atomic E-state index is -3.88. The van der Waals surface area contributed by atoms with Crippen molar-refractivity contribution in [1.29, 1.82) is 0 Å². The Labute approximate surface area is 181 Å². The number of ether oxygens (including phenoxy) is 2. The highest BCUT2D eigenvalue weighted by Crippen LogP contribution is 2.16. The van der Waals surface area contributed by atoms with E-state index in [-0.39, 0.29) is 21.9 Å². The number of carbonyl (C=O) groups excluding carboxylic acids is 3. The predicted octanol–water partition coefficient (Wildman–Crippen LogP) is 1.24. The standard InChI is InChI=1S/C19H19F2N3O7S/c1-11(17(26)24-13-5-7-15(8-6-13)32(22,28)29)30-16(25)10-23-18(27)12-3-2-4-14(9-12)31-19(20)21/h2-9,11,19H,10H2,1H3,(H,23,27)(H,24,26)(H2,22,28,29). The van der Waals surface area contributed by atoms with Crippen LogP contribution < -0.4 is 20.5 Å². The van der Waals surface area contributed by atoms with Crippen molar-refractivity contribution >= 4 is 33.5 Å². The summed E-state index contributed by atoms with van der Waals surface area (Å²) in [5, 5.41) is 9.65. The molecular weight excluding hydrogens is 452 g/mol. The molecule has 2 amide bonds. The van der Waals surface area contributed by atoms with Crippen LogP contribution in [0.25, 0.3) is 0 Å². The minimum absolute atomic E-state index is 0.0234. The maximum Gasteiger partial charge on any atom is 0.387 e. The Morgan fingerprint density at radius 1 is 1.09 bits per heavy atom. The van der Waals surface area contributed by atoms with Crippen LogP contribution in [0.15, 0.2) is 53.4 Å². The summed E-state index contributed by atoms with van der Waals surface area (Å²) in [4.78, 5) is 35.9. The number of halogens is 2. The number of anilines is 1. The molecule has 0 heterocycles. The van der Waals surface area contributed by atoms with Gasteiger partial charge in [-0.05, 0) is 49.4 Å². The van der Waals surface area contributed by atoms with E-state index in [4.69, 9.17) is 9.88 Å². The van der Waals surface area contributed by atoms with Crippen molar-refractivity contribution in [2.75, 3.05) is 11.9 Å². The van der Waals surface area contributed by atoms with E-state index < -0.39 is 47.1 Å². The average Bonchev–Trinajstić information content (AvgIpc) is 2.71. The molecule has 0 aliphatic carbocycles. The highest BCUT2D eigenvalue weighted by atomic mass is 32.2. The normalized spacial score (nSPS) is 12.0. The van der Waals surface area contributed by atoms with E-state index >= 15 is 0 Å². The second-order valence-corrected chi connectivity index (χ2v) is 7.84. The van der Waals surface area contributed by atoms with Crippen molar-refractivity contribution in [1.82, 2.24) is 5.32 Å². The van der Waals surface area contributed by atoms with E-state index in [9.17, 15) is 31.6 Å². The number of nitrogens with two attached hydrogens (primary N) is 1. The zero-order chi connectivity index (χ0) is 23.9. The van der Waals surface area contributed by atoms with Gasteiger partial charge < -0.3 is 20.1 Å². The Balaban J connectivity index is 1.84. The fourth-order valence-electron chi connectivity index (χ4n) is 2.33. The molecule has 0 aliphatic heterocycles. The van der Waals surface area contributed by atoms with Gasteiger partial charge in [0.2, 0.25) is 10.0 Å². The second-order valence-electron chi connectivity index (χ2n) is 6.28. The molecule has 0 aliphatic rings. The number of hydrogen-bond acceptors (Lipinski definition) is 7. The third kappa shape index (κ3) is 7.59. The van der Waals surface area contributed by atoms with Gasteiger partial charge in [0, 0.05) is 11.3 Å². The van der Waals surface area contributed by atoms with Gasteiger partial charge in [-0.1, -0.05) is 6.07 Å². The quantitative estimate of drug-likeness (QED) is 0.465. The van der Waals surface area contributed by atoms with Gasteiger partial charge in [0.05, 0.1) is 4.90 Å². The van der Waals surface area contributed by atoms with Crippen LogP contribution in [0.2, 0.25) is 0 Å². The molecule has 32 heavy (non-hydrogen) atoms.